The van der Waals surface area contributed by atoms with Crippen molar-refractivity contribution in [3.63, 3.8) is 0 Å². The van der Waals surface area contributed by atoms with Crippen LogP contribution in [-0.2, 0) is 6.42 Å². The molecule has 0 amide bonds. The van der Waals surface area contributed by atoms with Crippen molar-refractivity contribution >= 4 is 22.9 Å². The van der Waals surface area contributed by atoms with Crippen molar-refractivity contribution in [3.8, 4) is 0 Å². The number of halogens is 1. The van der Waals surface area contributed by atoms with Gasteiger partial charge >= 0.3 is 0 Å². The molecule has 1 rings (SSSR count). The van der Waals surface area contributed by atoms with E-state index in [1.165, 1.54) is 5.69 Å². The van der Waals surface area contributed by atoms with E-state index in [-0.39, 0.29) is 5.38 Å². The first kappa shape index (κ1) is 10.0. The fraction of sp³-hybridized carbons (Fsp3) is 0.667. The smallest absolute Gasteiger partial charge is 0.0971 e. The van der Waals surface area contributed by atoms with Crippen LogP contribution in [0.1, 0.15) is 37.4 Å². The molecule has 0 aliphatic carbocycles. The SMILES string of the molecule is CCc1csc(C(C)C(C)Cl)n1. The van der Waals surface area contributed by atoms with E-state index in [1.54, 1.807) is 11.3 Å². The van der Waals surface area contributed by atoms with Gasteiger partial charge in [-0.15, -0.1) is 22.9 Å². The quantitative estimate of drug-likeness (QED) is 0.686. The number of thiazole rings is 1. The van der Waals surface area contributed by atoms with Crippen LogP contribution < -0.4 is 0 Å². The molecule has 0 aliphatic heterocycles. The highest BCUT2D eigenvalue weighted by Gasteiger charge is 2.14. The van der Waals surface area contributed by atoms with E-state index in [1.807, 2.05) is 6.92 Å². The number of hydrogen-bond acceptors (Lipinski definition) is 2. The summed E-state index contributed by atoms with van der Waals surface area (Å²) in [6, 6.07) is 0. The summed E-state index contributed by atoms with van der Waals surface area (Å²) in [5.74, 6) is 0.372. The van der Waals surface area contributed by atoms with Crippen LogP contribution in [0, 0.1) is 0 Å². The summed E-state index contributed by atoms with van der Waals surface area (Å²) in [5.41, 5.74) is 1.18. The second-order valence-corrected chi connectivity index (χ2v) is 4.57. The Balaban J connectivity index is 2.74. The normalized spacial score (nSPS) is 16.0. The van der Waals surface area contributed by atoms with Gasteiger partial charge in [-0.3, -0.25) is 0 Å². The highest BCUT2D eigenvalue weighted by Crippen LogP contribution is 2.25. The summed E-state index contributed by atoms with van der Waals surface area (Å²) >= 11 is 7.70. The molecular formula is C9H14ClNS. The highest BCUT2D eigenvalue weighted by molar-refractivity contribution is 7.09. The predicted octanol–water partition coefficient (Wildman–Crippen LogP) is 3.44. The Bertz CT molecular complexity index is 244. The van der Waals surface area contributed by atoms with Crippen LogP contribution >= 0.6 is 22.9 Å². The van der Waals surface area contributed by atoms with Crippen LogP contribution in [0.15, 0.2) is 5.38 Å². The first-order chi connectivity index (χ1) is 5.65. The van der Waals surface area contributed by atoms with Gasteiger partial charge in [0.25, 0.3) is 0 Å². The molecule has 0 aliphatic rings. The number of aryl methyl sites for hydroxylation is 1. The summed E-state index contributed by atoms with van der Waals surface area (Å²) in [7, 11) is 0. The first-order valence-corrected chi connectivity index (χ1v) is 5.55. The molecule has 1 heterocycles. The lowest BCUT2D eigenvalue weighted by molar-refractivity contribution is 0.731. The predicted molar refractivity (Wildman–Crippen MR) is 55.2 cm³/mol. The van der Waals surface area contributed by atoms with Crippen LogP contribution in [0.4, 0.5) is 0 Å². The zero-order valence-corrected chi connectivity index (χ0v) is 9.25. The second-order valence-electron chi connectivity index (χ2n) is 3.00. The van der Waals surface area contributed by atoms with Crippen molar-refractivity contribution in [1.82, 2.24) is 4.98 Å². The van der Waals surface area contributed by atoms with Crippen molar-refractivity contribution in [1.29, 1.82) is 0 Å². The van der Waals surface area contributed by atoms with Gasteiger partial charge in [0, 0.05) is 16.7 Å². The van der Waals surface area contributed by atoms with Gasteiger partial charge in [-0.25, -0.2) is 4.98 Å². The van der Waals surface area contributed by atoms with Crippen molar-refractivity contribution in [3.05, 3.63) is 16.1 Å². The highest BCUT2D eigenvalue weighted by atomic mass is 35.5. The molecule has 0 saturated carbocycles. The van der Waals surface area contributed by atoms with Gasteiger partial charge in [0.15, 0.2) is 0 Å². The Morgan fingerprint density at radius 3 is 2.67 bits per heavy atom. The molecule has 0 spiro atoms. The lowest BCUT2D eigenvalue weighted by Gasteiger charge is -2.09. The largest absolute Gasteiger partial charge is 0.246 e. The molecule has 0 aromatic carbocycles. The standard InChI is InChI=1S/C9H14ClNS/c1-4-8-5-12-9(11-8)6(2)7(3)10/h5-7H,4H2,1-3H3. The van der Waals surface area contributed by atoms with Crippen molar-refractivity contribution in [2.45, 2.75) is 38.5 Å². The zero-order valence-electron chi connectivity index (χ0n) is 7.67. The zero-order chi connectivity index (χ0) is 9.14. The minimum atomic E-state index is 0.167. The third kappa shape index (κ3) is 2.20. The minimum absolute atomic E-state index is 0.167. The molecule has 0 fully saturated rings. The van der Waals surface area contributed by atoms with Crippen LogP contribution in [-0.4, -0.2) is 10.4 Å². The van der Waals surface area contributed by atoms with Gasteiger partial charge in [-0.05, 0) is 13.3 Å². The topological polar surface area (TPSA) is 12.9 Å². The molecule has 1 aromatic heterocycles. The Labute approximate surface area is 82.8 Å². The molecular weight excluding hydrogens is 190 g/mol. The van der Waals surface area contributed by atoms with Gasteiger partial charge < -0.3 is 0 Å². The van der Waals surface area contributed by atoms with Crippen LogP contribution in [0.25, 0.3) is 0 Å². The van der Waals surface area contributed by atoms with Crippen molar-refractivity contribution < 1.29 is 0 Å². The average molecular weight is 204 g/mol. The molecule has 0 saturated heterocycles. The molecule has 3 heteroatoms. The first-order valence-electron chi connectivity index (χ1n) is 4.23. The van der Waals surface area contributed by atoms with Gasteiger partial charge in [-0.2, -0.15) is 0 Å². The molecule has 0 N–H and O–H groups in total. The molecule has 1 nitrogen and oxygen atoms in total. The van der Waals surface area contributed by atoms with E-state index in [2.05, 4.69) is 24.2 Å². The second kappa shape index (κ2) is 4.24. The maximum Gasteiger partial charge on any atom is 0.0971 e. The third-order valence-corrected chi connectivity index (χ3v) is 3.48. The summed E-state index contributed by atoms with van der Waals surface area (Å²) in [6.07, 6.45) is 1.01. The van der Waals surface area contributed by atoms with E-state index in [0.29, 0.717) is 5.92 Å². The Morgan fingerprint density at radius 2 is 2.25 bits per heavy atom. The Hall–Kier alpha value is -0.0800. The maximum atomic E-state index is 5.98. The number of nitrogens with zero attached hydrogens (tertiary/aromatic N) is 1. The third-order valence-electron chi connectivity index (χ3n) is 2.01. The Morgan fingerprint density at radius 1 is 1.58 bits per heavy atom. The van der Waals surface area contributed by atoms with Gasteiger partial charge in [0.2, 0.25) is 0 Å². The molecule has 68 valence electrons. The van der Waals surface area contributed by atoms with Gasteiger partial charge in [0.05, 0.1) is 10.7 Å². The van der Waals surface area contributed by atoms with Crippen LogP contribution in [0.2, 0.25) is 0 Å². The van der Waals surface area contributed by atoms with Crippen molar-refractivity contribution in [2.75, 3.05) is 0 Å². The Kier molecular flexibility index (Phi) is 3.53. The molecule has 2 atom stereocenters. The van der Waals surface area contributed by atoms with E-state index in [4.69, 9.17) is 11.6 Å². The molecule has 0 bridgehead atoms. The lowest BCUT2D eigenvalue weighted by Crippen LogP contribution is -2.04. The molecule has 2 unspecified atom stereocenters. The van der Waals surface area contributed by atoms with Crippen LogP contribution in [0.5, 0.6) is 0 Å². The molecule has 12 heavy (non-hydrogen) atoms. The summed E-state index contributed by atoms with van der Waals surface area (Å²) in [6.45, 7) is 6.25. The molecule has 1 aromatic rings. The number of aromatic nitrogens is 1. The monoisotopic (exact) mass is 203 g/mol. The number of hydrogen-bond donors (Lipinski definition) is 0. The minimum Gasteiger partial charge on any atom is -0.246 e. The summed E-state index contributed by atoms with van der Waals surface area (Å²) < 4.78 is 0. The van der Waals surface area contributed by atoms with Crippen LogP contribution in [0.3, 0.4) is 0 Å². The van der Waals surface area contributed by atoms with Gasteiger partial charge in [-0.1, -0.05) is 13.8 Å². The average Bonchev–Trinajstić information content (AvgIpc) is 2.50. The lowest BCUT2D eigenvalue weighted by atomic mass is 10.1. The summed E-state index contributed by atoms with van der Waals surface area (Å²) in [5, 5.41) is 3.45. The maximum absolute atomic E-state index is 5.98. The fourth-order valence-electron chi connectivity index (χ4n) is 0.891. The molecule has 0 radical (unpaired) electrons. The van der Waals surface area contributed by atoms with Crippen molar-refractivity contribution in [2.24, 2.45) is 0 Å². The van der Waals surface area contributed by atoms with Gasteiger partial charge in [0.1, 0.15) is 0 Å². The van der Waals surface area contributed by atoms with E-state index in [0.717, 1.165) is 11.4 Å². The fourth-order valence-corrected chi connectivity index (χ4v) is 2.15. The summed E-state index contributed by atoms with van der Waals surface area (Å²) in [4.78, 5) is 4.48. The van der Waals surface area contributed by atoms with E-state index >= 15 is 0 Å². The number of alkyl halides is 1. The van der Waals surface area contributed by atoms with E-state index in [9.17, 15) is 0 Å². The number of rotatable bonds is 3. The van der Waals surface area contributed by atoms with E-state index < -0.39 is 0 Å².